The Labute approximate surface area is 196 Å². The number of Topliss-reactive ketones (excluding diaryl/α,β-unsaturated/α-hetero) is 1. The minimum Gasteiger partial charge on any atom is -0.378 e. The largest absolute Gasteiger partial charge is 0.378 e. The van der Waals surface area contributed by atoms with Gasteiger partial charge in [-0.3, -0.25) is 24.5 Å². The summed E-state index contributed by atoms with van der Waals surface area (Å²) >= 11 is 6.13. The van der Waals surface area contributed by atoms with Crippen molar-refractivity contribution in [2.75, 3.05) is 13.7 Å². The molecule has 2 aromatic rings. The van der Waals surface area contributed by atoms with Gasteiger partial charge in [0, 0.05) is 37.2 Å². The van der Waals surface area contributed by atoms with E-state index in [0.29, 0.717) is 59.9 Å². The van der Waals surface area contributed by atoms with Crippen LogP contribution in [-0.4, -0.2) is 62.6 Å². The highest BCUT2D eigenvalue weighted by molar-refractivity contribution is 6.30. The standard InChI is InChI=1S/C23H28ClN5O4/c1-33-22-5-7-23(8-6-22,17(30)12-22)26-21(32)28-9-10-29-16(13-28)18(20(25)31)19(27-29)14-3-2-4-15(24)11-14/h2-4,11,21,26,32H,5-10,12-13H2,1H3,(H2,25,31). The van der Waals surface area contributed by atoms with Gasteiger partial charge in [-0.2, -0.15) is 5.10 Å². The molecule has 4 aliphatic rings. The molecule has 1 aliphatic heterocycles. The molecule has 3 saturated carbocycles. The number of carbonyl (C=O) groups is 2. The first-order valence-electron chi connectivity index (χ1n) is 11.2. The van der Waals surface area contributed by atoms with E-state index >= 15 is 0 Å². The molecular weight excluding hydrogens is 446 g/mol. The van der Waals surface area contributed by atoms with Crippen molar-refractivity contribution in [3.63, 3.8) is 0 Å². The first kappa shape index (κ1) is 22.5. The smallest absolute Gasteiger partial charge is 0.252 e. The topological polar surface area (TPSA) is 123 Å². The van der Waals surface area contributed by atoms with Crippen LogP contribution >= 0.6 is 11.6 Å². The van der Waals surface area contributed by atoms with Crippen LogP contribution in [0, 0.1) is 0 Å². The molecule has 4 N–H and O–H groups in total. The van der Waals surface area contributed by atoms with Crippen LogP contribution in [0.3, 0.4) is 0 Å². The van der Waals surface area contributed by atoms with Crippen molar-refractivity contribution in [1.29, 1.82) is 0 Å². The average molecular weight is 474 g/mol. The van der Waals surface area contributed by atoms with Crippen LogP contribution in [0.2, 0.25) is 5.02 Å². The number of halogens is 1. The molecule has 1 amide bonds. The zero-order valence-corrected chi connectivity index (χ0v) is 19.3. The van der Waals surface area contributed by atoms with Crippen molar-refractivity contribution in [3.8, 4) is 11.3 Å². The third-order valence-electron chi connectivity index (χ3n) is 7.57. The van der Waals surface area contributed by atoms with E-state index in [4.69, 9.17) is 22.1 Å². The summed E-state index contributed by atoms with van der Waals surface area (Å²) < 4.78 is 7.40. The van der Waals surface area contributed by atoms with Gasteiger partial charge in [-0.05, 0) is 37.8 Å². The van der Waals surface area contributed by atoms with Crippen LogP contribution in [0.4, 0.5) is 0 Å². The molecule has 2 heterocycles. The zero-order valence-electron chi connectivity index (χ0n) is 18.5. The van der Waals surface area contributed by atoms with Crippen molar-refractivity contribution in [1.82, 2.24) is 20.0 Å². The normalized spacial score (nSPS) is 28.0. The number of nitrogens with one attached hydrogen (secondary N) is 1. The average Bonchev–Trinajstić information content (AvgIpc) is 3.19. The molecule has 10 heteroatoms. The second-order valence-electron chi connectivity index (χ2n) is 9.33. The Hall–Kier alpha value is -2.30. The van der Waals surface area contributed by atoms with Gasteiger partial charge in [0.2, 0.25) is 0 Å². The van der Waals surface area contributed by atoms with E-state index < -0.39 is 17.8 Å². The fourth-order valence-corrected chi connectivity index (χ4v) is 5.72. The predicted molar refractivity (Wildman–Crippen MR) is 121 cm³/mol. The molecule has 6 rings (SSSR count). The maximum atomic E-state index is 12.9. The van der Waals surface area contributed by atoms with Crippen LogP contribution in [0.5, 0.6) is 0 Å². The van der Waals surface area contributed by atoms with Crippen LogP contribution in [0.25, 0.3) is 11.3 Å². The molecule has 0 radical (unpaired) electrons. The SMILES string of the molecule is COC12CCC(NC(O)N3CCn4nc(-c5cccc(Cl)c5)c(C(N)=O)c4C3)(CC1)C(=O)C2. The summed E-state index contributed by atoms with van der Waals surface area (Å²) in [6.45, 7) is 1.25. The number of ether oxygens (including phenoxy) is 1. The number of nitrogens with two attached hydrogens (primary N) is 1. The van der Waals surface area contributed by atoms with Crippen molar-refractivity contribution >= 4 is 23.3 Å². The Balaban J connectivity index is 1.38. The predicted octanol–water partition coefficient (Wildman–Crippen LogP) is 1.65. The molecule has 9 nitrogen and oxygen atoms in total. The van der Waals surface area contributed by atoms with Crippen molar-refractivity contribution < 1.29 is 19.4 Å². The Morgan fingerprint density at radius 1 is 1.30 bits per heavy atom. The Morgan fingerprint density at radius 3 is 2.70 bits per heavy atom. The summed E-state index contributed by atoms with van der Waals surface area (Å²) in [7, 11) is 1.67. The molecular formula is C23H28ClN5O4. The maximum absolute atomic E-state index is 12.9. The minimum absolute atomic E-state index is 0.0871. The number of primary amides is 1. The highest BCUT2D eigenvalue weighted by atomic mass is 35.5. The van der Waals surface area contributed by atoms with Gasteiger partial charge in [0.15, 0.2) is 12.1 Å². The highest BCUT2D eigenvalue weighted by Crippen LogP contribution is 2.46. The number of amides is 1. The van der Waals surface area contributed by atoms with Gasteiger partial charge in [-0.15, -0.1) is 0 Å². The second kappa shape index (κ2) is 8.18. The first-order valence-corrected chi connectivity index (χ1v) is 11.6. The summed E-state index contributed by atoms with van der Waals surface area (Å²) in [4.78, 5) is 27.1. The molecule has 33 heavy (non-hydrogen) atoms. The van der Waals surface area contributed by atoms with Crippen LogP contribution in [-0.2, 0) is 22.6 Å². The monoisotopic (exact) mass is 473 g/mol. The summed E-state index contributed by atoms with van der Waals surface area (Å²) in [6, 6.07) is 7.12. The maximum Gasteiger partial charge on any atom is 0.252 e. The molecule has 0 saturated heterocycles. The van der Waals surface area contributed by atoms with E-state index in [-0.39, 0.29) is 17.9 Å². The third kappa shape index (κ3) is 3.77. The fourth-order valence-electron chi connectivity index (χ4n) is 5.53. The van der Waals surface area contributed by atoms with E-state index in [1.54, 1.807) is 34.9 Å². The molecule has 176 valence electrons. The highest BCUT2D eigenvalue weighted by Gasteiger charge is 2.55. The Kier molecular flexibility index (Phi) is 5.57. The number of ketones is 1. The third-order valence-corrected chi connectivity index (χ3v) is 7.80. The lowest BCUT2D eigenvalue weighted by molar-refractivity contribution is -0.160. The number of aliphatic hydroxyl groups is 1. The first-order chi connectivity index (χ1) is 15.8. The molecule has 1 aromatic carbocycles. The Bertz CT molecular complexity index is 1110. The zero-order chi connectivity index (χ0) is 23.4. The van der Waals surface area contributed by atoms with E-state index in [1.807, 2.05) is 6.07 Å². The molecule has 3 fully saturated rings. The number of hydrogen-bond donors (Lipinski definition) is 3. The van der Waals surface area contributed by atoms with Crippen LogP contribution < -0.4 is 11.1 Å². The lowest BCUT2D eigenvalue weighted by atomic mass is 9.62. The van der Waals surface area contributed by atoms with Crippen molar-refractivity contribution in [2.24, 2.45) is 5.73 Å². The van der Waals surface area contributed by atoms with Gasteiger partial charge in [0.05, 0.1) is 28.9 Å². The van der Waals surface area contributed by atoms with Crippen molar-refractivity contribution in [3.05, 3.63) is 40.5 Å². The van der Waals surface area contributed by atoms with Gasteiger partial charge in [-0.1, -0.05) is 23.7 Å². The lowest BCUT2D eigenvalue weighted by Crippen LogP contribution is -2.68. The number of benzene rings is 1. The Morgan fingerprint density at radius 2 is 2.06 bits per heavy atom. The van der Waals surface area contributed by atoms with E-state index in [9.17, 15) is 14.7 Å². The van der Waals surface area contributed by atoms with Gasteiger partial charge in [0.25, 0.3) is 5.91 Å². The fraction of sp³-hybridized carbons (Fsp3) is 0.522. The second-order valence-corrected chi connectivity index (χ2v) is 9.76. The quantitative estimate of drug-likeness (QED) is 0.545. The molecule has 3 aliphatic carbocycles. The molecule has 1 unspecified atom stereocenters. The minimum atomic E-state index is -1.04. The summed E-state index contributed by atoms with van der Waals surface area (Å²) in [5.41, 5.74) is 6.80. The van der Waals surface area contributed by atoms with Gasteiger partial charge in [0.1, 0.15) is 5.69 Å². The van der Waals surface area contributed by atoms with Crippen LogP contribution in [0.1, 0.15) is 48.2 Å². The van der Waals surface area contributed by atoms with Gasteiger partial charge >= 0.3 is 0 Å². The van der Waals surface area contributed by atoms with Gasteiger partial charge < -0.3 is 15.6 Å². The number of aromatic nitrogens is 2. The van der Waals surface area contributed by atoms with Gasteiger partial charge in [-0.25, -0.2) is 0 Å². The molecule has 1 atom stereocenters. The summed E-state index contributed by atoms with van der Waals surface area (Å²) in [5, 5.41) is 19.4. The molecule has 1 aromatic heterocycles. The van der Waals surface area contributed by atoms with E-state index in [2.05, 4.69) is 10.4 Å². The number of methoxy groups -OCH3 is 1. The van der Waals surface area contributed by atoms with Crippen molar-refractivity contribution in [2.45, 2.75) is 62.7 Å². The van der Waals surface area contributed by atoms with E-state index in [1.165, 1.54) is 0 Å². The molecule has 2 bridgehead atoms. The number of hydrogen-bond acceptors (Lipinski definition) is 7. The number of nitrogens with zero attached hydrogens (tertiary/aromatic N) is 3. The summed E-state index contributed by atoms with van der Waals surface area (Å²) in [6.07, 6.45) is 2.17. The number of carbonyl (C=O) groups excluding carboxylic acids is 2. The van der Waals surface area contributed by atoms with Crippen LogP contribution in [0.15, 0.2) is 24.3 Å². The summed E-state index contributed by atoms with van der Waals surface area (Å²) in [5.74, 6) is -0.496. The number of aliphatic hydroxyl groups excluding tert-OH is 1. The lowest BCUT2D eigenvalue weighted by Gasteiger charge is -2.52. The van der Waals surface area contributed by atoms with E-state index in [0.717, 1.165) is 12.8 Å². The number of fused-ring (bicyclic) bond motifs is 4. The number of rotatable bonds is 6. The molecule has 0 spiro atoms.